The molecule has 3 nitrogen and oxygen atoms in total. The molecule has 0 saturated heterocycles. The van der Waals surface area contributed by atoms with Gasteiger partial charge in [0.2, 0.25) is 5.91 Å². The molecule has 0 saturated carbocycles. The van der Waals surface area contributed by atoms with Crippen molar-refractivity contribution in [2.45, 2.75) is 18.7 Å². The first kappa shape index (κ1) is 11.9. The Morgan fingerprint density at radius 2 is 1.80 bits per heavy atom. The normalized spacial score (nSPS) is 11.9. The van der Waals surface area contributed by atoms with Crippen LogP contribution in [0.25, 0.3) is 0 Å². The number of hydrogen-bond donors (Lipinski definition) is 1. The lowest BCUT2D eigenvalue weighted by Gasteiger charge is -2.06. The van der Waals surface area contributed by atoms with Crippen molar-refractivity contribution in [2.24, 2.45) is 0 Å². The number of halogens is 1. The van der Waals surface area contributed by atoms with Gasteiger partial charge in [-0.1, -0.05) is 15.9 Å². The SMILES string of the molecule is CC(=O)c1ccc(NC(=O)C(C)Br)cc1. The number of carbonyl (C=O) groups excluding carboxylic acids is 2. The summed E-state index contributed by atoms with van der Waals surface area (Å²) in [5.41, 5.74) is 1.33. The number of ketones is 1. The smallest absolute Gasteiger partial charge is 0.237 e. The van der Waals surface area contributed by atoms with Crippen molar-refractivity contribution in [3.8, 4) is 0 Å². The highest BCUT2D eigenvalue weighted by atomic mass is 79.9. The number of anilines is 1. The van der Waals surface area contributed by atoms with Crippen molar-refractivity contribution in [3.63, 3.8) is 0 Å². The van der Waals surface area contributed by atoms with Crippen LogP contribution in [0.4, 0.5) is 5.69 Å². The van der Waals surface area contributed by atoms with Gasteiger partial charge in [-0.25, -0.2) is 0 Å². The van der Waals surface area contributed by atoms with Crippen molar-refractivity contribution >= 4 is 33.3 Å². The van der Waals surface area contributed by atoms with Crippen LogP contribution in [0.15, 0.2) is 24.3 Å². The Kier molecular flexibility index (Phi) is 4.03. The number of alkyl halides is 1. The van der Waals surface area contributed by atoms with Gasteiger partial charge in [-0.15, -0.1) is 0 Å². The number of rotatable bonds is 3. The summed E-state index contributed by atoms with van der Waals surface area (Å²) in [6.07, 6.45) is 0. The van der Waals surface area contributed by atoms with Gasteiger partial charge in [0.1, 0.15) is 0 Å². The molecule has 0 aromatic heterocycles. The van der Waals surface area contributed by atoms with Gasteiger partial charge in [-0.05, 0) is 38.1 Å². The average molecular weight is 270 g/mol. The van der Waals surface area contributed by atoms with Gasteiger partial charge in [-0.2, -0.15) is 0 Å². The van der Waals surface area contributed by atoms with E-state index in [2.05, 4.69) is 21.2 Å². The predicted molar refractivity (Wildman–Crippen MR) is 63.5 cm³/mol. The van der Waals surface area contributed by atoms with Crippen LogP contribution < -0.4 is 5.32 Å². The molecule has 0 spiro atoms. The Morgan fingerprint density at radius 1 is 1.27 bits per heavy atom. The molecule has 80 valence electrons. The molecular formula is C11H12BrNO2. The molecular weight excluding hydrogens is 258 g/mol. The summed E-state index contributed by atoms with van der Waals surface area (Å²) < 4.78 is 0. The second-order valence-electron chi connectivity index (χ2n) is 3.24. The second kappa shape index (κ2) is 5.07. The Balaban J connectivity index is 2.73. The quantitative estimate of drug-likeness (QED) is 0.677. The molecule has 1 amide bonds. The second-order valence-corrected chi connectivity index (χ2v) is 4.61. The molecule has 1 rings (SSSR count). The number of nitrogens with one attached hydrogen (secondary N) is 1. The zero-order valence-corrected chi connectivity index (χ0v) is 10.2. The van der Waals surface area contributed by atoms with Crippen molar-refractivity contribution < 1.29 is 9.59 Å². The highest BCUT2D eigenvalue weighted by Gasteiger charge is 2.08. The first-order chi connectivity index (χ1) is 7.00. The molecule has 1 aromatic rings. The zero-order chi connectivity index (χ0) is 11.4. The maximum absolute atomic E-state index is 11.3. The van der Waals surface area contributed by atoms with Crippen LogP contribution in [-0.4, -0.2) is 16.5 Å². The van der Waals surface area contributed by atoms with Gasteiger partial charge in [0.15, 0.2) is 5.78 Å². The topological polar surface area (TPSA) is 46.2 Å². The molecule has 0 heterocycles. The molecule has 15 heavy (non-hydrogen) atoms. The van der Waals surface area contributed by atoms with E-state index in [1.165, 1.54) is 6.92 Å². The summed E-state index contributed by atoms with van der Waals surface area (Å²) in [6, 6.07) is 6.81. The van der Waals surface area contributed by atoms with E-state index in [0.717, 1.165) is 0 Å². The fourth-order valence-corrected chi connectivity index (χ4v) is 1.14. The Morgan fingerprint density at radius 3 is 2.20 bits per heavy atom. The van der Waals surface area contributed by atoms with E-state index in [-0.39, 0.29) is 16.5 Å². The molecule has 4 heteroatoms. The minimum absolute atomic E-state index is 0.0155. The van der Waals surface area contributed by atoms with Crippen molar-refractivity contribution in [2.75, 3.05) is 5.32 Å². The standard InChI is InChI=1S/C11H12BrNO2/c1-7(12)11(15)13-10-5-3-9(4-6-10)8(2)14/h3-7H,1-2H3,(H,13,15). The number of benzene rings is 1. The molecule has 0 radical (unpaired) electrons. The highest BCUT2D eigenvalue weighted by molar-refractivity contribution is 9.10. The number of carbonyl (C=O) groups is 2. The first-order valence-electron chi connectivity index (χ1n) is 4.56. The lowest BCUT2D eigenvalue weighted by molar-refractivity contribution is -0.115. The Bertz CT molecular complexity index is 371. The highest BCUT2D eigenvalue weighted by Crippen LogP contribution is 2.11. The number of amides is 1. The average Bonchev–Trinajstić information content (AvgIpc) is 2.18. The molecule has 1 unspecified atom stereocenters. The van der Waals surface area contributed by atoms with Crippen molar-refractivity contribution in [1.82, 2.24) is 0 Å². The third-order valence-corrected chi connectivity index (χ3v) is 2.34. The van der Waals surface area contributed by atoms with Crippen LogP contribution in [0.3, 0.4) is 0 Å². The van der Waals surface area contributed by atoms with E-state index in [4.69, 9.17) is 0 Å². The molecule has 0 aliphatic rings. The van der Waals surface area contributed by atoms with E-state index in [1.54, 1.807) is 31.2 Å². The minimum atomic E-state index is -0.231. The Hall–Kier alpha value is -1.16. The molecule has 0 aliphatic carbocycles. The van der Waals surface area contributed by atoms with E-state index < -0.39 is 0 Å². The third-order valence-electron chi connectivity index (χ3n) is 1.92. The van der Waals surface area contributed by atoms with Gasteiger partial charge in [0.05, 0.1) is 4.83 Å². The molecule has 0 fully saturated rings. The summed E-state index contributed by atoms with van der Waals surface area (Å²) >= 11 is 3.17. The van der Waals surface area contributed by atoms with E-state index in [0.29, 0.717) is 11.3 Å². The molecule has 1 atom stereocenters. The fraction of sp³-hybridized carbons (Fsp3) is 0.273. The van der Waals surface area contributed by atoms with E-state index in [1.807, 2.05) is 0 Å². The summed E-state index contributed by atoms with van der Waals surface area (Å²) in [5, 5.41) is 2.71. The van der Waals surface area contributed by atoms with Crippen LogP contribution in [-0.2, 0) is 4.79 Å². The predicted octanol–water partition coefficient (Wildman–Crippen LogP) is 2.61. The summed E-state index contributed by atoms with van der Waals surface area (Å²) in [7, 11) is 0. The van der Waals surface area contributed by atoms with Crippen LogP contribution >= 0.6 is 15.9 Å². The largest absolute Gasteiger partial charge is 0.325 e. The van der Waals surface area contributed by atoms with Gasteiger partial charge >= 0.3 is 0 Å². The molecule has 1 N–H and O–H groups in total. The van der Waals surface area contributed by atoms with Crippen LogP contribution in [0.1, 0.15) is 24.2 Å². The lowest BCUT2D eigenvalue weighted by Crippen LogP contribution is -2.19. The zero-order valence-electron chi connectivity index (χ0n) is 8.58. The molecule has 0 aliphatic heterocycles. The number of Topliss-reactive ketones (excluding diaryl/α,β-unsaturated/α-hetero) is 1. The fourth-order valence-electron chi connectivity index (χ4n) is 1.03. The maximum Gasteiger partial charge on any atom is 0.237 e. The Labute approximate surface area is 97.0 Å². The molecule has 1 aromatic carbocycles. The van der Waals surface area contributed by atoms with Crippen LogP contribution in [0.5, 0.6) is 0 Å². The van der Waals surface area contributed by atoms with E-state index >= 15 is 0 Å². The molecule has 0 bridgehead atoms. The van der Waals surface area contributed by atoms with Crippen molar-refractivity contribution in [1.29, 1.82) is 0 Å². The van der Waals surface area contributed by atoms with Crippen molar-refractivity contribution in [3.05, 3.63) is 29.8 Å². The van der Waals surface area contributed by atoms with E-state index in [9.17, 15) is 9.59 Å². The summed E-state index contributed by atoms with van der Waals surface area (Å²) in [6.45, 7) is 3.26. The van der Waals surface area contributed by atoms with Crippen LogP contribution in [0.2, 0.25) is 0 Å². The van der Waals surface area contributed by atoms with Gasteiger partial charge in [0.25, 0.3) is 0 Å². The lowest BCUT2D eigenvalue weighted by atomic mass is 10.1. The number of hydrogen-bond acceptors (Lipinski definition) is 2. The maximum atomic E-state index is 11.3. The van der Waals surface area contributed by atoms with Gasteiger partial charge in [-0.3, -0.25) is 9.59 Å². The first-order valence-corrected chi connectivity index (χ1v) is 5.48. The van der Waals surface area contributed by atoms with Gasteiger partial charge < -0.3 is 5.32 Å². The third kappa shape index (κ3) is 3.47. The summed E-state index contributed by atoms with van der Waals surface area (Å²) in [5.74, 6) is -0.0905. The van der Waals surface area contributed by atoms with Gasteiger partial charge in [0, 0.05) is 11.3 Å². The minimum Gasteiger partial charge on any atom is -0.325 e. The van der Waals surface area contributed by atoms with Crippen LogP contribution in [0, 0.1) is 0 Å². The monoisotopic (exact) mass is 269 g/mol. The summed E-state index contributed by atoms with van der Waals surface area (Å²) in [4.78, 5) is 22.1.